The molecule has 92 valence electrons. The Morgan fingerprint density at radius 2 is 2.12 bits per heavy atom. The first-order valence-electron chi connectivity index (χ1n) is 4.07. The lowest BCUT2D eigenvalue weighted by molar-refractivity contribution is -0.389. The number of aromatic nitrogens is 1. The van der Waals surface area contributed by atoms with Gasteiger partial charge >= 0.3 is 18.0 Å². The Morgan fingerprint density at radius 3 is 2.53 bits per heavy atom. The quantitative estimate of drug-likeness (QED) is 0.454. The van der Waals surface area contributed by atoms with E-state index in [2.05, 4.69) is 9.72 Å². The molecule has 6 nitrogen and oxygen atoms in total. The Labute approximate surface area is 92.2 Å². The first-order valence-corrected chi connectivity index (χ1v) is 4.07. The molecule has 0 atom stereocenters. The molecule has 0 amide bonds. The number of alkyl halides is 3. The summed E-state index contributed by atoms with van der Waals surface area (Å²) in [6.45, 7) is 0. The van der Waals surface area contributed by atoms with Crippen molar-refractivity contribution < 1.29 is 27.6 Å². The highest BCUT2D eigenvalue weighted by Crippen LogP contribution is 2.31. The second-order valence-corrected chi connectivity index (χ2v) is 2.84. The first kappa shape index (κ1) is 12.9. The van der Waals surface area contributed by atoms with Crippen LogP contribution in [-0.2, 0) is 10.9 Å². The number of ether oxygens (including phenoxy) is 1. The zero-order valence-corrected chi connectivity index (χ0v) is 8.32. The summed E-state index contributed by atoms with van der Waals surface area (Å²) in [5.74, 6) is -2.24. The van der Waals surface area contributed by atoms with Crippen LogP contribution in [0.3, 0.4) is 0 Å². The average molecular weight is 250 g/mol. The van der Waals surface area contributed by atoms with Crippen molar-refractivity contribution in [1.29, 1.82) is 0 Å². The fourth-order valence-corrected chi connectivity index (χ4v) is 1.02. The summed E-state index contributed by atoms with van der Waals surface area (Å²) in [5.41, 5.74) is -2.10. The minimum absolute atomic E-state index is 0.282. The van der Waals surface area contributed by atoms with Crippen LogP contribution >= 0.6 is 0 Å². The summed E-state index contributed by atoms with van der Waals surface area (Å²) in [7, 11) is 0.895. The average Bonchev–Trinajstić information content (AvgIpc) is 2.25. The van der Waals surface area contributed by atoms with Crippen molar-refractivity contribution in [3.63, 3.8) is 0 Å². The molecule has 0 aliphatic rings. The molecule has 0 N–H and O–H groups in total. The normalized spacial score (nSPS) is 11.1. The van der Waals surface area contributed by atoms with E-state index < -0.39 is 34.0 Å². The molecular formula is C8H5F3N2O4. The van der Waals surface area contributed by atoms with E-state index >= 15 is 0 Å². The number of carbonyl (C=O) groups excluding carboxylic acids is 1. The molecule has 0 aromatic carbocycles. The van der Waals surface area contributed by atoms with Gasteiger partial charge in [0.25, 0.3) is 0 Å². The van der Waals surface area contributed by atoms with E-state index in [-0.39, 0.29) is 6.20 Å². The second kappa shape index (κ2) is 4.36. The third-order valence-corrected chi connectivity index (χ3v) is 1.77. The van der Waals surface area contributed by atoms with Gasteiger partial charge in [-0.25, -0.2) is 4.79 Å². The third kappa shape index (κ3) is 2.68. The van der Waals surface area contributed by atoms with Crippen LogP contribution in [0, 0.1) is 10.1 Å². The van der Waals surface area contributed by atoms with Crippen LogP contribution in [0.4, 0.5) is 19.0 Å². The Morgan fingerprint density at radius 1 is 1.53 bits per heavy atom. The topological polar surface area (TPSA) is 82.3 Å². The number of pyridine rings is 1. The molecule has 0 aliphatic heterocycles. The highest BCUT2D eigenvalue weighted by Gasteiger charge is 2.35. The van der Waals surface area contributed by atoms with Gasteiger partial charge in [0.2, 0.25) is 0 Å². The van der Waals surface area contributed by atoms with Gasteiger partial charge in [-0.1, -0.05) is 0 Å². The van der Waals surface area contributed by atoms with Gasteiger partial charge in [-0.15, -0.1) is 0 Å². The molecule has 9 heteroatoms. The van der Waals surface area contributed by atoms with Crippen molar-refractivity contribution in [3.05, 3.63) is 33.5 Å². The van der Waals surface area contributed by atoms with Crippen LogP contribution in [0.15, 0.2) is 12.3 Å². The van der Waals surface area contributed by atoms with Crippen molar-refractivity contribution in [1.82, 2.24) is 4.98 Å². The standard InChI is InChI=1S/C8H5F3N2O4/c1-17-7(14)5-2-4(8(9,10)11)3-12-6(5)13(15)16/h2-3H,1H3. The fourth-order valence-electron chi connectivity index (χ4n) is 1.02. The number of nitrogens with zero attached hydrogens (tertiary/aromatic N) is 2. The number of esters is 1. The van der Waals surface area contributed by atoms with Crippen molar-refractivity contribution in [2.75, 3.05) is 7.11 Å². The minimum Gasteiger partial charge on any atom is -0.465 e. The molecule has 0 saturated carbocycles. The van der Waals surface area contributed by atoms with Gasteiger partial charge in [-0.05, 0) is 16.0 Å². The highest BCUT2D eigenvalue weighted by molar-refractivity contribution is 5.93. The lowest BCUT2D eigenvalue weighted by Gasteiger charge is -2.06. The Hall–Kier alpha value is -2.19. The Bertz CT molecular complexity index is 472. The molecule has 0 unspecified atom stereocenters. The fraction of sp³-hybridized carbons (Fsp3) is 0.250. The zero-order valence-electron chi connectivity index (χ0n) is 8.32. The molecule has 0 radical (unpaired) electrons. The van der Waals surface area contributed by atoms with Crippen LogP contribution in [0.5, 0.6) is 0 Å². The Kier molecular flexibility index (Phi) is 3.30. The van der Waals surface area contributed by atoms with Gasteiger partial charge < -0.3 is 14.9 Å². The monoisotopic (exact) mass is 250 g/mol. The first-order chi connectivity index (χ1) is 7.77. The summed E-state index contributed by atoms with van der Waals surface area (Å²) >= 11 is 0. The lowest BCUT2D eigenvalue weighted by atomic mass is 10.2. The van der Waals surface area contributed by atoms with Crippen LogP contribution < -0.4 is 0 Å². The van der Waals surface area contributed by atoms with Crippen molar-refractivity contribution in [2.24, 2.45) is 0 Å². The minimum atomic E-state index is -4.75. The summed E-state index contributed by atoms with van der Waals surface area (Å²) in [4.78, 5) is 23.5. The van der Waals surface area contributed by atoms with E-state index in [1.165, 1.54) is 0 Å². The molecule has 1 rings (SSSR count). The van der Waals surface area contributed by atoms with Crippen molar-refractivity contribution >= 4 is 11.8 Å². The van der Waals surface area contributed by atoms with Crippen LogP contribution in [0.1, 0.15) is 15.9 Å². The predicted octanol–water partition coefficient (Wildman–Crippen LogP) is 1.80. The number of rotatable bonds is 2. The third-order valence-electron chi connectivity index (χ3n) is 1.77. The number of hydrogen-bond donors (Lipinski definition) is 0. The van der Waals surface area contributed by atoms with Crippen LogP contribution in [-0.4, -0.2) is 23.0 Å². The Balaban J connectivity index is 3.39. The van der Waals surface area contributed by atoms with Gasteiger partial charge in [0.15, 0.2) is 11.8 Å². The van der Waals surface area contributed by atoms with E-state index in [1.54, 1.807) is 0 Å². The maximum atomic E-state index is 12.3. The van der Waals surface area contributed by atoms with Crippen molar-refractivity contribution in [2.45, 2.75) is 6.18 Å². The van der Waals surface area contributed by atoms with Gasteiger partial charge in [-0.3, -0.25) is 0 Å². The number of hydrogen-bond acceptors (Lipinski definition) is 5. The van der Waals surface area contributed by atoms with E-state index in [0.717, 1.165) is 7.11 Å². The molecule has 0 bridgehead atoms. The zero-order chi connectivity index (χ0) is 13.2. The van der Waals surface area contributed by atoms with Gasteiger partial charge in [0, 0.05) is 0 Å². The maximum Gasteiger partial charge on any atom is 0.420 e. The van der Waals surface area contributed by atoms with E-state index in [1.807, 2.05) is 0 Å². The van der Waals surface area contributed by atoms with Gasteiger partial charge in [-0.2, -0.15) is 13.2 Å². The second-order valence-electron chi connectivity index (χ2n) is 2.84. The molecule has 1 aromatic heterocycles. The number of methoxy groups -OCH3 is 1. The van der Waals surface area contributed by atoms with Crippen LogP contribution in [0.2, 0.25) is 0 Å². The SMILES string of the molecule is COC(=O)c1cc(C(F)(F)F)cnc1[N+](=O)[O-]. The molecule has 0 saturated heterocycles. The molecular weight excluding hydrogens is 245 g/mol. The predicted molar refractivity (Wildman–Crippen MR) is 47.2 cm³/mol. The van der Waals surface area contributed by atoms with E-state index in [9.17, 15) is 28.1 Å². The molecule has 17 heavy (non-hydrogen) atoms. The number of halogens is 3. The summed E-state index contributed by atoms with van der Waals surface area (Å²) in [6, 6.07) is 0.330. The molecule has 1 heterocycles. The van der Waals surface area contributed by atoms with Gasteiger partial charge in [0.1, 0.15) is 5.56 Å². The summed E-state index contributed by atoms with van der Waals surface area (Å²) < 4.78 is 41.1. The smallest absolute Gasteiger partial charge is 0.420 e. The van der Waals surface area contributed by atoms with E-state index in [4.69, 9.17) is 0 Å². The molecule has 0 fully saturated rings. The highest BCUT2D eigenvalue weighted by atomic mass is 19.4. The largest absolute Gasteiger partial charge is 0.465 e. The van der Waals surface area contributed by atoms with Crippen LogP contribution in [0.25, 0.3) is 0 Å². The number of carbonyl (C=O) groups is 1. The summed E-state index contributed by atoms with van der Waals surface area (Å²) in [6.07, 6.45) is -4.46. The molecule has 0 aliphatic carbocycles. The molecule has 1 aromatic rings. The maximum absolute atomic E-state index is 12.3. The van der Waals surface area contributed by atoms with Crippen molar-refractivity contribution in [3.8, 4) is 0 Å². The summed E-state index contributed by atoms with van der Waals surface area (Å²) in [5, 5.41) is 10.5. The lowest BCUT2D eigenvalue weighted by Crippen LogP contribution is -2.12. The molecule has 0 spiro atoms. The van der Waals surface area contributed by atoms with E-state index in [0.29, 0.717) is 6.07 Å². The number of nitro groups is 1. The van der Waals surface area contributed by atoms with Gasteiger partial charge in [0.05, 0.1) is 7.11 Å².